The maximum atomic E-state index is 3.53. The minimum absolute atomic E-state index is 0.612. The van der Waals surface area contributed by atoms with Gasteiger partial charge in [0.05, 0.1) is 0 Å². The van der Waals surface area contributed by atoms with Crippen LogP contribution in [0, 0.1) is 5.92 Å². The van der Waals surface area contributed by atoms with Crippen molar-refractivity contribution < 1.29 is 0 Å². The van der Waals surface area contributed by atoms with E-state index in [0.29, 0.717) is 5.92 Å². The largest absolute Gasteiger partial charge is 0.316 e. The third-order valence-corrected chi connectivity index (χ3v) is 4.57. The van der Waals surface area contributed by atoms with Gasteiger partial charge in [0.15, 0.2) is 0 Å². The molecule has 138 valence electrons. The van der Waals surface area contributed by atoms with E-state index in [0.717, 1.165) is 25.9 Å². The number of rotatable bonds is 2. The van der Waals surface area contributed by atoms with Gasteiger partial charge in [-0.1, -0.05) is 74.9 Å². The van der Waals surface area contributed by atoms with Gasteiger partial charge in [-0.2, -0.15) is 12.6 Å². The topological polar surface area (TPSA) is 12.0 Å². The molecule has 3 rings (SSSR count). The Labute approximate surface area is 160 Å². The molecule has 1 aliphatic carbocycles. The second-order valence-corrected chi connectivity index (χ2v) is 6.10. The van der Waals surface area contributed by atoms with Gasteiger partial charge in [-0.15, -0.1) is 0 Å². The molecule has 0 aromatic heterocycles. The van der Waals surface area contributed by atoms with Crippen molar-refractivity contribution in [1.82, 2.24) is 5.32 Å². The number of hydrogen-bond acceptors (Lipinski definition) is 2. The zero-order chi connectivity index (χ0) is 18.5. The lowest BCUT2D eigenvalue weighted by molar-refractivity contribution is 0.609. The molecule has 25 heavy (non-hydrogen) atoms. The summed E-state index contributed by atoms with van der Waals surface area (Å²) in [5.74, 6) is 0.612. The highest BCUT2D eigenvalue weighted by Crippen LogP contribution is 2.37. The van der Waals surface area contributed by atoms with Crippen LogP contribution in [0.3, 0.4) is 0 Å². The Morgan fingerprint density at radius 2 is 1.64 bits per heavy atom. The SMILES string of the molecule is CC.CC1CC=CCC=C1C(=C1CCNCC1)c1ccccc1.CS. The summed E-state index contributed by atoms with van der Waals surface area (Å²) in [5.41, 5.74) is 6.13. The van der Waals surface area contributed by atoms with Crippen molar-refractivity contribution in [2.24, 2.45) is 5.92 Å². The van der Waals surface area contributed by atoms with Crippen LogP contribution in [0.5, 0.6) is 0 Å². The Kier molecular flexibility index (Phi) is 11.3. The first kappa shape index (κ1) is 21.8. The predicted molar refractivity (Wildman–Crippen MR) is 117 cm³/mol. The van der Waals surface area contributed by atoms with Crippen molar-refractivity contribution in [1.29, 1.82) is 0 Å². The normalized spacial score (nSPS) is 19.5. The van der Waals surface area contributed by atoms with Crippen molar-refractivity contribution >= 4 is 18.2 Å². The monoisotopic (exact) mass is 357 g/mol. The Balaban J connectivity index is 0.000000730. The summed E-state index contributed by atoms with van der Waals surface area (Å²) in [6, 6.07) is 11.0. The number of hydrogen-bond donors (Lipinski definition) is 2. The van der Waals surface area contributed by atoms with Gasteiger partial charge in [0.2, 0.25) is 0 Å². The van der Waals surface area contributed by atoms with E-state index in [1.807, 2.05) is 13.8 Å². The molecule has 1 aliphatic heterocycles. The molecule has 1 N–H and O–H groups in total. The molecule has 2 aliphatic rings. The van der Waals surface area contributed by atoms with Gasteiger partial charge in [0.1, 0.15) is 0 Å². The fourth-order valence-electron chi connectivity index (χ4n) is 3.43. The Morgan fingerprint density at radius 3 is 2.28 bits per heavy atom. The lowest BCUT2D eigenvalue weighted by atomic mass is 9.82. The average molecular weight is 358 g/mol. The van der Waals surface area contributed by atoms with Crippen LogP contribution < -0.4 is 5.32 Å². The van der Waals surface area contributed by atoms with Crippen LogP contribution in [0.25, 0.3) is 5.57 Å². The van der Waals surface area contributed by atoms with Crippen LogP contribution in [-0.2, 0) is 0 Å². The lowest BCUT2D eigenvalue weighted by Crippen LogP contribution is -2.24. The van der Waals surface area contributed by atoms with Crippen LogP contribution in [0.1, 0.15) is 52.0 Å². The molecule has 1 atom stereocenters. The van der Waals surface area contributed by atoms with Gasteiger partial charge in [0.25, 0.3) is 0 Å². The first-order valence-corrected chi connectivity index (χ1v) is 10.5. The molecule has 0 amide bonds. The fraction of sp³-hybridized carbons (Fsp3) is 0.478. The first-order chi connectivity index (χ1) is 12.4. The molecular weight excluding hydrogens is 322 g/mol. The van der Waals surface area contributed by atoms with Gasteiger partial charge in [0, 0.05) is 0 Å². The number of piperidine rings is 1. The summed E-state index contributed by atoms with van der Waals surface area (Å²) in [6.07, 6.45) is 13.4. The Morgan fingerprint density at radius 1 is 1.00 bits per heavy atom. The molecule has 1 heterocycles. The van der Waals surface area contributed by atoms with Gasteiger partial charge in [-0.25, -0.2) is 0 Å². The predicted octanol–water partition coefficient (Wildman–Crippen LogP) is 6.31. The van der Waals surface area contributed by atoms with Crippen molar-refractivity contribution in [3.8, 4) is 0 Å². The molecule has 0 bridgehead atoms. The van der Waals surface area contributed by atoms with Gasteiger partial charge >= 0.3 is 0 Å². The van der Waals surface area contributed by atoms with E-state index in [-0.39, 0.29) is 0 Å². The van der Waals surface area contributed by atoms with Crippen LogP contribution in [0.4, 0.5) is 0 Å². The summed E-state index contributed by atoms with van der Waals surface area (Å²) in [4.78, 5) is 0. The van der Waals surface area contributed by atoms with Gasteiger partial charge in [-0.05, 0) is 67.7 Å². The third-order valence-electron chi connectivity index (χ3n) is 4.57. The number of allylic oxidation sites excluding steroid dienone is 5. The van der Waals surface area contributed by atoms with E-state index in [1.54, 1.807) is 17.4 Å². The smallest absolute Gasteiger partial charge is 0.00111 e. The molecule has 1 aromatic rings. The van der Waals surface area contributed by atoms with Crippen molar-refractivity contribution in [3.05, 3.63) is 65.3 Å². The molecule has 1 aromatic carbocycles. The van der Waals surface area contributed by atoms with Crippen molar-refractivity contribution in [2.45, 2.75) is 46.5 Å². The fourth-order valence-corrected chi connectivity index (χ4v) is 3.43. The summed E-state index contributed by atoms with van der Waals surface area (Å²) >= 11 is 3.53. The number of nitrogens with one attached hydrogen (secondary N) is 1. The van der Waals surface area contributed by atoms with E-state index >= 15 is 0 Å². The summed E-state index contributed by atoms with van der Waals surface area (Å²) < 4.78 is 0. The van der Waals surface area contributed by atoms with Crippen LogP contribution in [-0.4, -0.2) is 19.3 Å². The van der Waals surface area contributed by atoms with E-state index in [1.165, 1.54) is 24.0 Å². The summed E-state index contributed by atoms with van der Waals surface area (Å²) in [5, 5.41) is 3.48. The number of thiol groups is 1. The molecule has 2 heteroatoms. The van der Waals surface area contributed by atoms with Gasteiger partial charge in [-0.3, -0.25) is 0 Å². The quantitative estimate of drug-likeness (QED) is 0.467. The molecule has 0 spiro atoms. The van der Waals surface area contributed by atoms with Crippen molar-refractivity contribution in [3.63, 3.8) is 0 Å². The molecule has 0 saturated carbocycles. The summed E-state index contributed by atoms with van der Waals surface area (Å²) in [7, 11) is 0. The van der Waals surface area contributed by atoms with E-state index in [4.69, 9.17) is 0 Å². The molecule has 1 nitrogen and oxygen atoms in total. The minimum atomic E-state index is 0.612. The van der Waals surface area contributed by atoms with Crippen molar-refractivity contribution in [2.75, 3.05) is 19.3 Å². The summed E-state index contributed by atoms with van der Waals surface area (Å²) in [6.45, 7) is 8.60. The molecule has 1 saturated heterocycles. The Bertz CT molecular complexity index is 561. The average Bonchev–Trinajstić information content (AvgIpc) is 2.92. The standard InChI is InChI=1S/C20H25N.C2H6.CH4S/c1-16-8-4-2-7-11-19(16)20(17-9-5-3-6-10-17)18-12-14-21-15-13-18;2*1-2/h2-6,9-11,16,21H,7-8,12-15H2,1H3;1-2H3;2H,1H3. The van der Waals surface area contributed by atoms with E-state index in [9.17, 15) is 0 Å². The van der Waals surface area contributed by atoms with Gasteiger partial charge < -0.3 is 5.32 Å². The zero-order valence-corrected chi connectivity index (χ0v) is 17.3. The zero-order valence-electron chi connectivity index (χ0n) is 16.4. The van der Waals surface area contributed by atoms with Crippen LogP contribution in [0.15, 0.2) is 59.7 Å². The molecule has 0 radical (unpaired) electrons. The second kappa shape index (κ2) is 13.0. The number of benzene rings is 1. The third kappa shape index (κ3) is 6.52. The minimum Gasteiger partial charge on any atom is -0.316 e. The van der Waals surface area contributed by atoms with Crippen LogP contribution >= 0.6 is 12.6 Å². The Hall–Kier alpha value is -1.25. The lowest BCUT2D eigenvalue weighted by Gasteiger charge is -2.25. The molecule has 1 unspecified atom stereocenters. The van der Waals surface area contributed by atoms with E-state index in [2.05, 4.69) is 73.4 Å². The molecular formula is C23H35NS. The molecule has 1 fully saturated rings. The highest BCUT2D eigenvalue weighted by Gasteiger charge is 2.20. The highest BCUT2D eigenvalue weighted by molar-refractivity contribution is 7.79. The highest BCUT2D eigenvalue weighted by atomic mass is 32.1. The second-order valence-electron chi connectivity index (χ2n) is 6.10. The maximum absolute atomic E-state index is 3.53. The van der Waals surface area contributed by atoms with Crippen LogP contribution in [0.2, 0.25) is 0 Å². The maximum Gasteiger partial charge on any atom is -0.00111 e. The first-order valence-electron chi connectivity index (χ1n) is 9.64. The van der Waals surface area contributed by atoms with E-state index < -0.39 is 0 Å².